The number of hydrogen-bond acceptors (Lipinski definition) is 4. The van der Waals surface area contributed by atoms with Gasteiger partial charge in [0.2, 0.25) is 5.91 Å². The van der Waals surface area contributed by atoms with E-state index in [0.29, 0.717) is 19.0 Å². The highest BCUT2D eigenvalue weighted by Gasteiger charge is 2.33. The first kappa shape index (κ1) is 14.7. The largest absolute Gasteiger partial charge is 0.497 e. The molecule has 2 atom stereocenters. The first-order valence-electron chi connectivity index (χ1n) is 6.61. The van der Waals surface area contributed by atoms with Crippen LogP contribution in [0, 0.1) is 11.7 Å². The van der Waals surface area contributed by atoms with E-state index in [1.54, 1.807) is 0 Å². The van der Waals surface area contributed by atoms with Gasteiger partial charge >= 0.3 is 0 Å². The van der Waals surface area contributed by atoms with Gasteiger partial charge in [-0.05, 0) is 18.7 Å². The zero-order valence-electron chi connectivity index (χ0n) is 11.6. The number of benzene rings is 1. The van der Waals surface area contributed by atoms with Gasteiger partial charge in [0.15, 0.2) is 0 Å². The van der Waals surface area contributed by atoms with E-state index in [2.05, 4.69) is 10.6 Å². The monoisotopic (exact) mass is 282 g/mol. The minimum absolute atomic E-state index is 0.0336. The molecule has 0 radical (unpaired) electrons. The molecule has 1 aromatic rings. The molecule has 0 bridgehead atoms. The SMILES string of the molecule is CCNC1COCC1C(=O)Nc1cc(OC)ccc1F. The molecule has 6 heteroatoms. The first-order chi connectivity index (χ1) is 9.65. The molecule has 1 saturated heterocycles. The van der Waals surface area contributed by atoms with E-state index >= 15 is 0 Å². The van der Waals surface area contributed by atoms with Gasteiger partial charge in [-0.2, -0.15) is 0 Å². The Kier molecular flexibility index (Phi) is 4.92. The van der Waals surface area contributed by atoms with Crippen LogP contribution in [0.15, 0.2) is 18.2 Å². The third kappa shape index (κ3) is 3.26. The predicted molar refractivity (Wildman–Crippen MR) is 73.4 cm³/mol. The van der Waals surface area contributed by atoms with Gasteiger partial charge in [0.05, 0.1) is 31.9 Å². The third-order valence-corrected chi connectivity index (χ3v) is 3.32. The van der Waals surface area contributed by atoms with Gasteiger partial charge in [0, 0.05) is 12.1 Å². The van der Waals surface area contributed by atoms with E-state index in [1.165, 1.54) is 25.3 Å². The Balaban J connectivity index is 2.07. The smallest absolute Gasteiger partial charge is 0.231 e. The lowest BCUT2D eigenvalue weighted by molar-refractivity contribution is -0.120. The van der Waals surface area contributed by atoms with E-state index in [1.807, 2.05) is 6.92 Å². The summed E-state index contributed by atoms with van der Waals surface area (Å²) < 4.78 is 24.0. The Labute approximate surface area is 117 Å². The molecule has 0 aliphatic carbocycles. The van der Waals surface area contributed by atoms with Crippen molar-refractivity contribution in [2.45, 2.75) is 13.0 Å². The van der Waals surface area contributed by atoms with Crippen LogP contribution < -0.4 is 15.4 Å². The number of likely N-dealkylation sites (N-methyl/N-ethyl adjacent to an activating group) is 1. The van der Waals surface area contributed by atoms with Gasteiger partial charge < -0.3 is 20.1 Å². The van der Waals surface area contributed by atoms with Gasteiger partial charge in [-0.3, -0.25) is 4.79 Å². The lowest BCUT2D eigenvalue weighted by Crippen LogP contribution is -2.41. The van der Waals surface area contributed by atoms with Crippen molar-refractivity contribution in [2.24, 2.45) is 5.92 Å². The number of methoxy groups -OCH3 is 1. The van der Waals surface area contributed by atoms with Crippen molar-refractivity contribution >= 4 is 11.6 Å². The molecule has 110 valence electrons. The van der Waals surface area contributed by atoms with Crippen LogP contribution in [0.3, 0.4) is 0 Å². The molecular formula is C14H19FN2O3. The fraction of sp³-hybridized carbons (Fsp3) is 0.500. The molecule has 2 unspecified atom stereocenters. The van der Waals surface area contributed by atoms with Crippen molar-refractivity contribution in [2.75, 3.05) is 32.2 Å². The highest BCUT2D eigenvalue weighted by molar-refractivity contribution is 5.93. The summed E-state index contributed by atoms with van der Waals surface area (Å²) in [5.41, 5.74) is 0.122. The second kappa shape index (κ2) is 6.67. The number of halogens is 1. The van der Waals surface area contributed by atoms with Crippen molar-refractivity contribution < 1.29 is 18.7 Å². The number of amides is 1. The van der Waals surface area contributed by atoms with E-state index < -0.39 is 5.82 Å². The highest BCUT2D eigenvalue weighted by Crippen LogP contribution is 2.23. The number of hydrogen-bond donors (Lipinski definition) is 2. The predicted octanol–water partition coefficient (Wildman–Crippen LogP) is 1.40. The fourth-order valence-corrected chi connectivity index (χ4v) is 2.23. The topological polar surface area (TPSA) is 59.6 Å². The average Bonchev–Trinajstić information content (AvgIpc) is 2.90. The van der Waals surface area contributed by atoms with Crippen LogP contribution in [-0.2, 0) is 9.53 Å². The summed E-state index contributed by atoms with van der Waals surface area (Å²) in [4.78, 5) is 12.2. The molecule has 20 heavy (non-hydrogen) atoms. The Hall–Kier alpha value is -1.66. The summed E-state index contributed by atoms with van der Waals surface area (Å²) in [6.07, 6.45) is 0. The number of rotatable bonds is 5. The molecule has 1 aliphatic heterocycles. The molecule has 1 fully saturated rings. The quantitative estimate of drug-likeness (QED) is 0.857. The zero-order valence-corrected chi connectivity index (χ0v) is 11.6. The highest BCUT2D eigenvalue weighted by atomic mass is 19.1. The Morgan fingerprint density at radius 2 is 2.30 bits per heavy atom. The molecule has 1 heterocycles. The van der Waals surface area contributed by atoms with Crippen LogP contribution in [0.25, 0.3) is 0 Å². The minimum atomic E-state index is -0.488. The van der Waals surface area contributed by atoms with Crippen LogP contribution >= 0.6 is 0 Å². The number of carbonyl (C=O) groups excluding carboxylic acids is 1. The molecular weight excluding hydrogens is 263 g/mol. The maximum absolute atomic E-state index is 13.7. The van der Waals surface area contributed by atoms with Crippen LogP contribution in [-0.4, -0.2) is 38.8 Å². The van der Waals surface area contributed by atoms with Gasteiger partial charge in [-0.1, -0.05) is 6.92 Å². The van der Waals surface area contributed by atoms with Gasteiger partial charge in [-0.15, -0.1) is 0 Å². The van der Waals surface area contributed by atoms with E-state index in [-0.39, 0.29) is 23.6 Å². The standard InChI is InChI=1S/C14H19FN2O3/c1-3-16-13-8-20-7-10(13)14(18)17-12-6-9(19-2)4-5-11(12)15/h4-6,10,13,16H,3,7-8H2,1-2H3,(H,17,18). The molecule has 0 spiro atoms. The second-order valence-electron chi connectivity index (χ2n) is 4.64. The molecule has 0 saturated carbocycles. The summed E-state index contributed by atoms with van der Waals surface area (Å²) in [7, 11) is 1.49. The number of carbonyl (C=O) groups is 1. The first-order valence-corrected chi connectivity index (χ1v) is 6.61. The second-order valence-corrected chi connectivity index (χ2v) is 4.64. The molecule has 1 aliphatic rings. The lowest BCUT2D eigenvalue weighted by atomic mass is 10.0. The normalized spacial score (nSPS) is 21.8. The molecule has 0 aromatic heterocycles. The molecule has 1 amide bonds. The van der Waals surface area contributed by atoms with Crippen molar-refractivity contribution in [3.05, 3.63) is 24.0 Å². The summed E-state index contributed by atoms with van der Waals surface area (Å²) in [6.45, 7) is 3.56. The average molecular weight is 282 g/mol. The zero-order chi connectivity index (χ0) is 14.5. The Morgan fingerprint density at radius 3 is 3.00 bits per heavy atom. The Bertz CT molecular complexity index is 481. The molecule has 5 nitrogen and oxygen atoms in total. The molecule has 2 rings (SSSR count). The third-order valence-electron chi connectivity index (χ3n) is 3.32. The van der Waals surface area contributed by atoms with Crippen molar-refractivity contribution in [1.82, 2.24) is 5.32 Å². The van der Waals surface area contributed by atoms with Gasteiger partial charge in [0.1, 0.15) is 11.6 Å². The minimum Gasteiger partial charge on any atom is -0.497 e. The van der Waals surface area contributed by atoms with Crippen LogP contribution in [0.1, 0.15) is 6.92 Å². The van der Waals surface area contributed by atoms with Crippen molar-refractivity contribution in [3.8, 4) is 5.75 Å². The number of nitrogens with one attached hydrogen (secondary N) is 2. The van der Waals surface area contributed by atoms with E-state index in [0.717, 1.165) is 6.54 Å². The Morgan fingerprint density at radius 1 is 1.50 bits per heavy atom. The van der Waals surface area contributed by atoms with E-state index in [9.17, 15) is 9.18 Å². The maximum Gasteiger partial charge on any atom is 0.231 e. The van der Waals surface area contributed by atoms with Crippen LogP contribution in [0.4, 0.5) is 10.1 Å². The van der Waals surface area contributed by atoms with Crippen LogP contribution in [0.2, 0.25) is 0 Å². The van der Waals surface area contributed by atoms with E-state index in [4.69, 9.17) is 9.47 Å². The van der Waals surface area contributed by atoms with Gasteiger partial charge in [0.25, 0.3) is 0 Å². The summed E-state index contributed by atoms with van der Waals surface area (Å²) in [5.74, 6) is -0.563. The van der Waals surface area contributed by atoms with Crippen molar-refractivity contribution in [3.63, 3.8) is 0 Å². The lowest BCUT2D eigenvalue weighted by Gasteiger charge is -2.18. The number of anilines is 1. The summed E-state index contributed by atoms with van der Waals surface area (Å²) >= 11 is 0. The summed E-state index contributed by atoms with van der Waals surface area (Å²) in [6, 6.07) is 4.20. The fourth-order valence-electron chi connectivity index (χ4n) is 2.23. The maximum atomic E-state index is 13.7. The van der Waals surface area contributed by atoms with Crippen molar-refractivity contribution in [1.29, 1.82) is 0 Å². The molecule has 2 N–H and O–H groups in total. The summed E-state index contributed by atoms with van der Waals surface area (Å²) in [5, 5.41) is 5.80. The van der Waals surface area contributed by atoms with Gasteiger partial charge in [-0.25, -0.2) is 4.39 Å². The molecule has 1 aromatic carbocycles. The number of ether oxygens (including phenoxy) is 2. The van der Waals surface area contributed by atoms with Crippen LogP contribution in [0.5, 0.6) is 5.75 Å².